The second-order valence-corrected chi connectivity index (χ2v) is 4.90. The number of nitrogens with zero attached hydrogens (tertiary/aromatic N) is 2. The molecule has 0 aliphatic carbocycles. The van der Waals surface area contributed by atoms with E-state index >= 15 is 0 Å². The molecule has 1 heterocycles. The molecule has 0 radical (unpaired) electrons. The van der Waals surface area contributed by atoms with Crippen LogP contribution in [0.3, 0.4) is 0 Å². The Balaban J connectivity index is 2.99. The van der Waals surface area contributed by atoms with Crippen LogP contribution < -0.4 is 5.73 Å². The third kappa shape index (κ3) is 3.01. The Morgan fingerprint density at radius 2 is 2.00 bits per heavy atom. The van der Waals surface area contributed by atoms with Gasteiger partial charge in [-0.2, -0.15) is 5.10 Å². The largest absolute Gasteiger partial charge is 0.329 e. The fourth-order valence-electron chi connectivity index (χ4n) is 1.79. The van der Waals surface area contributed by atoms with E-state index in [9.17, 15) is 0 Å². The monoisotopic (exact) mass is 241 g/mol. The molecule has 92 valence electrons. The number of nitrogens with two attached hydrogens (primary N) is 1. The molecular formula is C12H23N3S. The number of aryl methyl sites for hydroxylation is 1. The second kappa shape index (κ2) is 6.97. The van der Waals surface area contributed by atoms with E-state index in [0.717, 1.165) is 19.4 Å². The van der Waals surface area contributed by atoms with Gasteiger partial charge in [0, 0.05) is 6.54 Å². The average molecular weight is 241 g/mol. The van der Waals surface area contributed by atoms with Crippen molar-refractivity contribution in [2.24, 2.45) is 5.73 Å². The highest BCUT2D eigenvalue weighted by atomic mass is 32.2. The quantitative estimate of drug-likeness (QED) is 0.746. The third-order valence-electron chi connectivity index (χ3n) is 2.54. The van der Waals surface area contributed by atoms with Gasteiger partial charge in [0.05, 0.1) is 22.8 Å². The first-order chi connectivity index (χ1) is 7.78. The maximum atomic E-state index is 5.62. The lowest BCUT2D eigenvalue weighted by molar-refractivity contribution is 0.589. The standard InChI is InChI=1S/C12H23N3S/c1-4-9-16-12-10(5-2)14-15(8-7-13)11(12)6-3/h4-9,13H2,1-3H3. The molecule has 0 fully saturated rings. The molecule has 0 spiro atoms. The summed E-state index contributed by atoms with van der Waals surface area (Å²) in [6.45, 7) is 8.08. The molecule has 4 heteroatoms. The van der Waals surface area contributed by atoms with Crippen molar-refractivity contribution in [1.82, 2.24) is 9.78 Å². The Bertz CT molecular complexity index is 320. The fourth-order valence-corrected chi connectivity index (χ4v) is 2.96. The van der Waals surface area contributed by atoms with Crippen molar-refractivity contribution in [3.05, 3.63) is 11.4 Å². The van der Waals surface area contributed by atoms with Crippen LogP contribution in [0.5, 0.6) is 0 Å². The van der Waals surface area contributed by atoms with Gasteiger partial charge in [0.25, 0.3) is 0 Å². The first-order valence-electron chi connectivity index (χ1n) is 6.19. The fraction of sp³-hybridized carbons (Fsp3) is 0.750. The molecule has 1 aromatic heterocycles. The van der Waals surface area contributed by atoms with Gasteiger partial charge < -0.3 is 5.73 Å². The Hall–Kier alpha value is -0.480. The number of hydrogen-bond donors (Lipinski definition) is 1. The predicted octanol–water partition coefficient (Wildman–Crippen LogP) is 2.47. The molecule has 0 unspecified atom stereocenters. The zero-order valence-corrected chi connectivity index (χ0v) is 11.4. The van der Waals surface area contributed by atoms with E-state index in [1.807, 2.05) is 11.8 Å². The molecule has 2 N–H and O–H groups in total. The molecular weight excluding hydrogens is 218 g/mol. The van der Waals surface area contributed by atoms with Crippen LogP contribution in [0.25, 0.3) is 0 Å². The van der Waals surface area contributed by atoms with E-state index in [0.29, 0.717) is 6.54 Å². The zero-order chi connectivity index (χ0) is 12.0. The van der Waals surface area contributed by atoms with Gasteiger partial charge in [0.2, 0.25) is 0 Å². The summed E-state index contributed by atoms with van der Waals surface area (Å²) in [6.07, 6.45) is 3.26. The highest BCUT2D eigenvalue weighted by Crippen LogP contribution is 2.28. The van der Waals surface area contributed by atoms with Crippen LogP contribution in [0.15, 0.2) is 4.90 Å². The van der Waals surface area contributed by atoms with Crippen molar-refractivity contribution < 1.29 is 0 Å². The lowest BCUT2D eigenvalue weighted by Crippen LogP contribution is -2.13. The Kier molecular flexibility index (Phi) is 5.91. The van der Waals surface area contributed by atoms with Crippen molar-refractivity contribution in [3.8, 4) is 0 Å². The highest BCUT2D eigenvalue weighted by Gasteiger charge is 2.14. The topological polar surface area (TPSA) is 43.8 Å². The van der Waals surface area contributed by atoms with Gasteiger partial charge in [-0.15, -0.1) is 11.8 Å². The van der Waals surface area contributed by atoms with Crippen LogP contribution >= 0.6 is 11.8 Å². The molecule has 0 aromatic carbocycles. The van der Waals surface area contributed by atoms with Crippen molar-refractivity contribution >= 4 is 11.8 Å². The second-order valence-electron chi connectivity index (χ2n) is 3.79. The molecule has 0 bridgehead atoms. The van der Waals surface area contributed by atoms with Crippen molar-refractivity contribution in [2.75, 3.05) is 12.3 Å². The van der Waals surface area contributed by atoms with Crippen LogP contribution in [0.1, 0.15) is 38.6 Å². The van der Waals surface area contributed by atoms with Crippen LogP contribution in [0, 0.1) is 0 Å². The first kappa shape index (κ1) is 13.6. The summed E-state index contributed by atoms with van der Waals surface area (Å²) in [5, 5.41) is 4.66. The van der Waals surface area contributed by atoms with E-state index < -0.39 is 0 Å². The molecule has 3 nitrogen and oxygen atoms in total. The van der Waals surface area contributed by atoms with E-state index in [1.165, 1.54) is 28.5 Å². The Morgan fingerprint density at radius 3 is 2.50 bits per heavy atom. The summed E-state index contributed by atoms with van der Waals surface area (Å²) in [6, 6.07) is 0. The van der Waals surface area contributed by atoms with Crippen molar-refractivity contribution in [1.29, 1.82) is 0 Å². The Labute approximate surface area is 103 Å². The molecule has 0 atom stereocenters. The van der Waals surface area contributed by atoms with E-state index in [-0.39, 0.29) is 0 Å². The van der Waals surface area contributed by atoms with Gasteiger partial charge in [-0.3, -0.25) is 4.68 Å². The lowest BCUT2D eigenvalue weighted by Gasteiger charge is -2.05. The maximum absolute atomic E-state index is 5.62. The zero-order valence-electron chi connectivity index (χ0n) is 10.6. The summed E-state index contributed by atoms with van der Waals surface area (Å²) in [5.74, 6) is 1.17. The SMILES string of the molecule is CCCSc1c(CC)nn(CCN)c1CC. The van der Waals surface area contributed by atoms with Gasteiger partial charge in [-0.1, -0.05) is 20.8 Å². The minimum absolute atomic E-state index is 0.662. The molecule has 0 aliphatic heterocycles. The van der Waals surface area contributed by atoms with Gasteiger partial charge in [0.1, 0.15) is 0 Å². The molecule has 0 saturated heterocycles. The smallest absolute Gasteiger partial charge is 0.0760 e. The predicted molar refractivity (Wildman–Crippen MR) is 71.1 cm³/mol. The van der Waals surface area contributed by atoms with E-state index in [2.05, 4.69) is 30.6 Å². The van der Waals surface area contributed by atoms with Crippen LogP contribution in [-0.4, -0.2) is 22.1 Å². The molecule has 0 aliphatic rings. The normalized spacial score (nSPS) is 11.0. The minimum Gasteiger partial charge on any atom is -0.329 e. The maximum Gasteiger partial charge on any atom is 0.0760 e. The summed E-state index contributed by atoms with van der Waals surface area (Å²) >= 11 is 1.95. The van der Waals surface area contributed by atoms with Gasteiger partial charge in [0.15, 0.2) is 0 Å². The van der Waals surface area contributed by atoms with Crippen LogP contribution in [0.2, 0.25) is 0 Å². The molecule has 1 rings (SSSR count). The number of hydrogen-bond acceptors (Lipinski definition) is 3. The summed E-state index contributed by atoms with van der Waals surface area (Å²) < 4.78 is 2.09. The molecule has 0 amide bonds. The summed E-state index contributed by atoms with van der Waals surface area (Å²) in [7, 11) is 0. The third-order valence-corrected chi connectivity index (χ3v) is 3.91. The molecule has 1 aromatic rings. The highest BCUT2D eigenvalue weighted by molar-refractivity contribution is 7.99. The molecule has 0 saturated carbocycles. The van der Waals surface area contributed by atoms with E-state index in [1.54, 1.807) is 0 Å². The number of aromatic nitrogens is 2. The van der Waals surface area contributed by atoms with Gasteiger partial charge in [-0.05, 0) is 25.0 Å². The van der Waals surface area contributed by atoms with E-state index in [4.69, 9.17) is 5.73 Å². The Morgan fingerprint density at radius 1 is 1.25 bits per heavy atom. The van der Waals surface area contributed by atoms with Crippen molar-refractivity contribution in [2.45, 2.75) is 51.5 Å². The van der Waals surface area contributed by atoms with Gasteiger partial charge >= 0.3 is 0 Å². The molecule has 16 heavy (non-hydrogen) atoms. The number of thioether (sulfide) groups is 1. The average Bonchev–Trinajstić information content (AvgIpc) is 2.64. The van der Waals surface area contributed by atoms with Gasteiger partial charge in [-0.25, -0.2) is 0 Å². The van der Waals surface area contributed by atoms with Crippen molar-refractivity contribution in [3.63, 3.8) is 0 Å². The lowest BCUT2D eigenvalue weighted by atomic mass is 10.2. The van der Waals surface area contributed by atoms with Crippen LogP contribution in [-0.2, 0) is 19.4 Å². The summed E-state index contributed by atoms with van der Waals surface area (Å²) in [4.78, 5) is 1.40. The van der Waals surface area contributed by atoms with Crippen LogP contribution in [0.4, 0.5) is 0 Å². The first-order valence-corrected chi connectivity index (χ1v) is 7.18. The minimum atomic E-state index is 0.662. The number of rotatable bonds is 7. The summed E-state index contributed by atoms with van der Waals surface area (Å²) in [5.41, 5.74) is 8.22.